The van der Waals surface area contributed by atoms with Crippen LogP contribution in [0.5, 0.6) is 6.01 Å². The van der Waals surface area contributed by atoms with E-state index in [1.807, 2.05) is 12.1 Å². The summed E-state index contributed by atoms with van der Waals surface area (Å²) in [4.78, 5) is 43.8. The van der Waals surface area contributed by atoms with E-state index >= 15 is 0 Å². The number of aromatic nitrogens is 4. The summed E-state index contributed by atoms with van der Waals surface area (Å²) >= 11 is 6.73. The Bertz CT molecular complexity index is 1990. The van der Waals surface area contributed by atoms with Crippen LogP contribution in [0.1, 0.15) is 30.5 Å². The molecule has 49 heavy (non-hydrogen) atoms. The Hall–Kier alpha value is -4.86. The van der Waals surface area contributed by atoms with E-state index in [0.717, 1.165) is 70.9 Å². The fourth-order valence-corrected chi connectivity index (χ4v) is 7.56. The molecule has 2 saturated heterocycles. The maximum absolute atomic E-state index is 13.4. The third-order valence-corrected chi connectivity index (χ3v) is 10.4. The third-order valence-electron chi connectivity index (χ3n) is 10.1. The van der Waals surface area contributed by atoms with Gasteiger partial charge in [0.25, 0.3) is 5.56 Å². The van der Waals surface area contributed by atoms with Crippen molar-refractivity contribution in [2.75, 3.05) is 56.2 Å². The number of likely N-dealkylation sites (N-methyl/N-ethyl adjacent to an activating group) is 1. The molecule has 7 rings (SSSR count). The van der Waals surface area contributed by atoms with Gasteiger partial charge < -0.3 is 24.3 Å². The normalized spacial score (nSPS) is 19.8. The van der Waals surface area contributed by atoms with Crippen LogP contribution in [0, 0.1) is 11.3 Å². The summed E-state index contributed by atoms with van der Waals surface area (Å²) in [7, 11) is 3.76. The van der Waals surface area contributed by atoms with E-state index in [4.69, 9.17) is 26.3 Å². The highest BCUT2D eigenvalue weighted by molar-refractivity contribution is 6.36. The van der Waals surface area contributed by atoms with Crippen LogP contribution in [0.25, 0.3) is 17.0 Å². The first-order valence-corrected chi connectivity index (χ1v) is 17.2. The van der Waals surface area contributed by atoms with E-state index in [2.05, 4.69) is 52.1 Å². The van der Waals surface area contributed by atoms with Crippen LogP contribution in [0.2, 0.25) is 5.02 Å². The van der Waals surface area contributed by atoms with Crippen molar-refractivity contribution in [1.29, 1.82) is 5.26 Å². The second-order valence-electron chi connectivity index (χ2n) is 13.0. The van der Waals surface area contributed by atoms with Crippen molar-refractivity contribution in [2.24, 2.45) is 7.05 Å². The van der Waals surface area contributed by atoms with Crippen molar-refractivity contribution < 1.29 is 9.53 Å². The van der Waals surface area contributed by atoms with Gasteiger partial charge in [0.05, 0.1) is 35.8 Å². The Morgan fingerprint density at radius 1 is 1.06 bits per heavy atom. The fraction of sp³-hybridized carbons (Fsp3) is 0.417. The Morgan fingerprint density at radius 3 is 2.65 bits per heavy atom. The topological polar surface area (TPSA) is 116 Å². The summed E-state index contributed by atoms with van der Waals surface area (Å²) in [6.45, 7) is 4.30. The van der Waals surface area contributed by atoms with Gasteiger partial charge >= 0.3 is 6.01 Å². The lowest BCUT2D eigenvalue weighted by atomic mass is 10.0. The van der Waals surface area contributed by atoms with Gasteiger partial charge in [-0.25, -0.2) is 4.68 Å². The highest BCUT2D eigenvalue weighted by Gasteiger charge is 2.34. The number of amides is 1. The van der Waals surface area contributed by atoms with E-state index in [1.54, 1.807) is 29.0 Å². The maximum atomic E-state index is 13.4. The SMILES string of the molecule is CN1CCC[C@H]1COc1nc2c(c(N3CCN(C(=O)/C=C/n4ccc(=O)n4C)[C@@H](CC#N)C3)n1)CCN(c1cccc3cccc(Cl)c13)C2. The van der Waals surface area contributed by atoms with E-state index in [0.29, 0.717) is 44.8 Å². The van der Waals surface area contributed by atoms with Crippen LogP contribution >= 0.6 is 11.6 Å². The maximum Gasteiger partial charge on any atom is 0.318 e. The van der Waals surface area contributed by atoms with Crippen molar-refractivity contribution in [1.82, 2.24) is 29.1 Å². The van der Waals surface area contributed by atoms with Crippen molar-refractivity contribution in [3.63, 3.8) is 0 Å². The molecule has 4 aromatic rings. The van der Waals surface area contributed by atoms with Crippen LogP contribution < -0.4 is 20.1 Å². The molecule has 1 amide bonds. The Morgan fingerprint density at radius 2 is 1.90 bits per heavy atom. The number of carbonyl (C=O) groups is 1. The quantitative estimate of drug-likeness (QED) is 0.255. The minimum absolute atomic E-state index is 0.163. The van der Waals surface area contributed by atoms with Gasteiger partial charge in [-0.2, -0.15) is 15.2 Å². The molecule has 254 valence electrons. The first kappa shape index (κ1) is 32.7. The summed E-state index contributed by atoms with van der Waals surface area (Å²) in [5.74, 6) is 0.600. The van der Waals surface area contributed by atoms with Gasteiger partial charge in [-0.3, -0.25) is 14.3 Å². The van der Waals surface area contributed by atoms with Crippen LogP contribution in [0.4, 0.5) is 11.5 Å². The number of fused-ring (bicyclic) bond motifs is 2. The molecule has 2 aromatic carbocycles. The number of benzene rings is 2. The molecule has 0 aliphatic carbocycles. The zero-order valence-electron chi connectivity index (χ0n) is 27.8. The minimum atomic E-state index is -0.343. The molecule has 2 atom stereocenters. The number of hydrogen-bond acceptors (Lipinski definition) is 9. The number of halogens is 1. The van der Waals surface area contributed by atoms with Crippen molar-refractivity contribution in [3.8, 4) is 12.1 Å². The number of ether oxygens (including phenoxy) is 1. The molecule has 12 nitrogen and oxygen atoms in total. The predicted octanol–water partition coefficient (Wildman–Crippen LogP) is 3.92. The smallest absolute Gasteiger partial charge is 0.318 e. The summed E-state index contributed by atoms with van der Waals surface area (Å²) in [5, 5.41) is 12.6. The molecule has 0 bridgehead atoms. The monoisotopic (exact) mass is 681 g/mol. The van der Waals surface area contributed by atoms with E-state index < -0.39 is 0 Å². The lowest BCUT2D eigenvalue weighted by Crippen LogP contribution is -2.55. The van der Waals surface area contributed by atoms with Gasteiger partial charge in [0.2, 0.25) is 5.91 Å². The lowest BCUT2D eigenvalue weighted by Gasteiger charge is -2.42. The second kappa shape index (κ2) is 13.9. The van der Waals surface area contributed by atoms with Gasteiger partial charge in [0.15, 0.2) is 0 Å². The first-order valence-electron chi connectivity index (χ1n) is 16.8. The number of likely N-dealkylation sites (tertiary alicyclic amines) is 1. The van der Waals surface area contributed by atoms with E-state index in [-0.39, 0.29) is 23.9 Å². The number of piperazine rings is 1. The van der Waals surface area contributed by atoms with Crippen molar-refractivity contribution in [2.45, 2.75) is 44.3 Å². The molecule has 0 saturated carbocycles. The highest BCUT2D eigenvalue weighted by Crippen LogP contribution is 2.37. The number of rotatable bonds is 8. The van der Waals surface area contributed by atoms with Crippen molar-refractivity contribution >= 4 is 46.0 Å². The molecule has 2 fully saturated rings. The molecule has 0 radical (unpaired) electrons. The Kier molecular flexibility index (Phi) is 9.29. The lowest BCUT2D eigenvalue weighted by molar-refractivity contribution is -0.128. The summed E-state index contributed by atoms with van der Waals surface area (Å²) < 4.78 is 9.29. The van der Waals surface area contributed by atoms with Gasteiger partial charge in [0.1, 0.15) is 12.4 Å². The fourth-order valence-electron chi connectivity index (χ4n) is 7.29. The third kappa shape index (κ3) is 6.60. The summed E-state index contributed by atoms with van der Waals surface area (Å²) in [6, 6.07) is 16.3. The molecule has 2 aromatic heterocycles. The van der Waals surface area contributed by atoms with Crippen LogP contribution in [-0.4, -0.2) is 93.5 Å². The molecular formula is C36H40ClN9O3. The number of nitrogens with zero attached hydrogens (tertiary/aromatic N) is 9. The first-order chi connectivity index (χ1) is 23.8. The second-order valence-corrected chi connectivity index (χ2v) is 13.4. The molecule has 3 aliphatic rings. The average molecular weight is 682 g/mol. The zero-order valence-corrected chi connectivity index (χ0v) is 28.6. The number of anilines is 2. The number of hydrogen-bond donors (Lipinski definition) is 0. The molecule has 0 N–H and O–H groups in total. The van der Waals surface area contributed by atoms with Crippen LogP contribution in [-0.2, 0) is 24.8 Å². The summed E-state index contributed by atoms with van der Waals surface area (Å²) in [5.41, 5.74) is 2.88. The van der Waals surface area contributed by atoms with Gasteiger partial charge in [0, 0.05) is 80.4 Å². The minimum Gasteiger partial charge on any atom is -0.462 e. The average Bonchev–Trinajstić information content (AvgIpc) is 3.68. The van der Waals surface area contributed by atoms with Gasteiger partial charge in [-0.1, -0.05) is 35.9 Å². The molecule has 5 heterocycles. The van der Waals surface area contributed by atoms with E-state index in [1.165, 1.54) is 16.8 Å². The van der Waals surface area contributed by atoms with Crippen molar-refractivity contribution in [3.05, 3.63) is 81.4 Å². The highest BCUT2D eigenvalue weighted by atomic mass is 35.5. The van der Waals surface area contributed by atoms with Crippen LogP contribution in [0.3, 0.4) is 0 Å². The van der Waals surface area contributed by atoms with Gasteiger partial charge in [-0.05, 0) is 50.4 Å². The Labute approximate surface area is 290 Å². The largest absolute Gasteiger partial charge is 0.462 e. The Balaban J connectivity index is 1.17. The van der Waals surface area contributed by atoms with E-state index in [9.17, 15) is 14.9 Å². The molecular weight excluding hydrogens is 642 g/mol. The molecule has 0 unspecified atom stereocenters. The number of carbonyl (C=O) groups excluding carboxylic acids is 1. The zero-order chi connectivity index (χ0) is 34.1. The molecule has 13 heteroatoms. The number of nitriles is 1. The standard InChI is InChI=1S/C36H40ClN9O3/c1-41-16-5-8-27(41)24-49-36-39-30-23-43(31-10-4-7-25-6-3-9-29(37)34(25)31)17-12-28(30)35(40-36)44-20-21-46(26(22-44)11-15-38)33(48)14-19-45-18-13-32(47)42(45)2/h3-4,6-7,9-10,13-14,18-19,26-27H,5,8,11-12,16-17,20-24H2,1-2H3/b19-14+/t26-,27-/m0/s1. The molecule has 0 spiro atoms. The van der Waals surface area contributed by atoms with Crippen LogP contribution in [0.15, 0.2) is 59.5 Å². The predicted molar refractivity (Wildman–Crippen MR) is 190 cm³/mol. The summed E-state index contributed by atoms with van der Waals surface area (Å²) in [6.07, 6.45) is 7.74. The molecule has 3 aliphatic heterocycles. The van der Waals surface area contributed by atoms with Gasteiger partial charge in [-0.15, -0.1) is 0 Å².